The van der Waals surface area contributed by atoms with E-state index in [9.17, 15) is 14.0 Å². The summed E-state index contributed by atoms with van der Waals surface area (Å²) in [4.78, 5) is 24.9. The lowest BCUT2D eigenvalue weighted by Crippen LogP contribution is -2.23. The molecule has 2 heterocycles. The Morgan fingerprint density at radius 2 is 2.08 bits per heavy atom. The van der Waals surface area contributed by atoms with Crippen molar-refractivity contribution in [2.24, 2.45) is 7.05 Å². The van der Waals surface area contributed by atoms with Crippen LogP contribution in [-0.4, -0.2) is 22.8 Å². The minimum atomic E-state index is -0.730. The molecule has 1 aromatic carbocycles. The van der Waals surface area contributed by atoms with Crippen LogP contribution in [0.2, 0.25) is 0 Å². The molecule has 0 fully saturated rings. The number of methoxy groups -OCH3 is 1. The lowest BCUT2D eigenvalue weighted by molar-refractivity contribution is 0.0601. The maximum atomic E-state index is 14.2. The van der Waals surface area contributed by atoms with E-state index in [1.807, 2.05) is 0 Å². The summed E-state index contributed by atoms with van der Waals surface area (Å²) < 4.78 is 25.4. The molecule has 0 radical (unpaired) electrons. The van der Waals surface area contributed by atoms with Crippen LogP contribution in [0.5, 0.6) is 0 Å². The topological polar surface area (TPSA) is 86.4 Å². The predicted molar refractivity (Wildman–Crippen MR) is 89.7 cm³/mol. The van der Waals surface area contributed by atoms with Crippen LogP contribution in [0.15, 0.2) is 27.5 Å². The van der Waals surface area contributed by atoms with Gasteiger partial charge in [-0.25, -0.2) is 9.18 Å². The number of benzene rings is 1. The number of aryl methyl sites for hydroxylation is 2. The van der Waals surface area contributed by atoms with E-state index in [1.165, 1.54) is 30.9 Å². The normalized spacial score (nSPS) is 10.9. The lowest BCUT2D eigenvalue weighted by Gasteiger charge is -2.15. The Hall–Kier alpha value is -3.16. The molecular weight excluding hydrogens is 329 g/mol. The zero-order valence-electron chi connectivity index (χ0n) is 14.1. The van der Waals surface area contributed by atoms with Crippen LogP contribution in [0.1, 0.15) is 21.6 Å². The number of pyridine rings is 1. The van der Waals surface area contributed by atoms with Gasteiger partial charge in [-0.15, -0.1) is 0 Å². The molecular formula is C17H16FN3O4. The molecule has 0 saturated carbocycles. The summed E-state index contributed by atoms with van der Waals surface area (Å²) in [5.41, 5.74) is 0.765. The Bertz CT molecular complexity index is 1050. The quantitative estimate of drug-likeness (QED) is 0.735. The second-order valence-electron chi connectivity index (χ2n) is 5.66. The van der Waals surface area contributed by atoms with Gasteiger partial charge in [0.25, 0.3) is 5.56 Å². The van der Waals surface area contributed by atoms with Crippen molar-refractivity contribution in [3.05, 3.63) is 51.2 Å². The van der Waals surface area contributed by atoms with Crippen LogP contribution in [0, 0.1) is 19.7 Å². The molecule has 0 aliphatic heterocycles. The summed E-state index contributed by atoms with van der Waals surface area (Å²) in [5, 5.41) is 6.73. The average Bonchev–Trinajstić information content (AvgIpc) is 2.95. The highest BCUT2D eigenvalue weighted by Gasteiger charge is 2.26. The van der Waals surface area contributed by atoms with Gasteiger partial charge in [0.1, 0.15) is 22.6 Å². The molecule has 7 nitrogen and oxygen atoms in total. The highest BCUT2D eigenvalue weighted by molar-refractivity contribution is 6.07. The third-order valence-electron chi connectivity index (χ3n) is 3.95. The molecule has 0 amide bonds. The number of ether oxygens (including phenoxy) is 1. The van der Waals surface area contributed by atoms with E-state index >= 15 is 0 Å². The molecule has 25 heavy (non-hydrogen) atoms. The van der Waals surface area contributed by atoms with Crippen molar-refractivity contribution in [3.63, 3.8) is 0 Å². The van der Waals surface area contributed by atoms with Crippen molar-refractivity contribution in [2.75, 3.05) is 12.4 Å². The lowest BCUT2D eigenvalue weighted by atomic mass is 10.1. The Balaban J connectivity index is 2.31. The van der Waals surface area contributed by atoms with E-state index < -0.39 is 17.3 Å². The summed E-state index contributed by atoms with van der Waals surface area (Å²) >= 11 is 0. The van der Waals surface area contributed by atoms with E-state index in [0.29, 0.717) is 5.69 Å². The van der Waals surface area contributed by atoms with Crippen molar-refractivity contribution < 1.29 is 18.4 Å². The zero-order chi connectivity index (χ0) is 18.3. The first-order chi connectivity index (χ1) is 11.8. The van der Waals surface area contributed by atoms with Crippen LogP contribution < -0.4 is 10.9 Å². The molecule has 0 aliphatic rings. The van der Waals surface area contributed by atoms with Gasteiger partial charge in [0, 0.05) is 7.05 Å². The number of anilines is 2. The second-order valence-corrected chi connectivity index (χ2v) is 5.66. The SMILES string of the molecule is COC(=O)c1c(Nc2ccc(C)cc2F)n(C)c(=O)c2c(C)noc12. The third-order valence-corrected chi connectivity index (χ3v) is 3.95. The van der Waals surface area contributed by atoms with Gasteiger partial charge < -0.3 is 14.6 Å². The van der Waals surface area contributed by atoms with Crippen molar-refractivity contribution in [1.29, 1.82) is 0 Å². The first-order valence-electron chi connectivity index (χ1n) is 7.45. The molecule has 1 N–H and O–H groups in total. The van der Waals surface area contributed by atoms with Gasteiger partial charge in [-0.2, -0.15) is 0 Å². The minimum absolute atomic E-state index is 0.00229. The summed E-state index contributed by atoms with van der Waals surface area (Å²) in [5.74, 6) is -1.19. The van der Waals surface area contributed by atoms with Crippen molar-refractivity contribution >= 4 is 28.4 Å². The predicted octanol–water partition coefficient (Wildman–Crippen LogP) is 2.81. The molecule has 8 heteroatoms. The fourth-order valence-electron chi connectivity index (χ4n) is 2.62. The number of nitrogens with zero attached hydrogens (tertiary/aromatic N) is 2. The highest BCUT2D eigenvalue weighted by atomic mass is 19.1. The molecule has 3 rings (SSSR count). The fraction of sp³-hybridized carbons (Fsp3) is 0.235. The van der Waals surface area contributed by atoms with Crippen molar-refractivity contribution in [2.45, 2.75) is 13.8 Å². The van der Waals surface area contributed by atoms with Gasteiger partial charge in [-0.1, -0.05) is 11.2 Å². The number of nitrogens with one attached hydrogen (secondary N) is 1. The van der Waals surface area contributed by atoms with E-state index in [-0.39, 0.29) is 28.0 Å². The number of halogens is 1. The number of carbonyl (C=O) groups is 1. The van der Waals surface area contributed by atoms with Gasteiger partial charge in [-0.3, -0.25) is 9.36 Å². The van der Waals surface area contributed by atoms with Gasteiger partial charge in [0.2, 0.25) is 0 Å². The smallest absolute Gasteiger partial charge is 0.345 e. The van der Waals surface area contributed by atoms with E-state index in [0.717, 1.165) is 5.56 Å². The number of fused-ring (bicyclic) bond motifs is 1. The molecule has 0 spiro atoms. The molecule has 0 unspecified atom stereocenters. The summed E-state index contributed by atoms with van der Waals surface area (Å²) in [7, 11) is 2.67. The number of rotatable bonds is 3. The Labute approximate surface area is 142 Å². The maximum Gasteiger partial charge on any atom is 0.345 e. The maximum absolute atomic E-state index is 14.2. The van der Waals surface area contributed by atoms with E-state index in [4.69, 9.17) is 9.26 Å². The van der Waals surface area contributed by atoms with Crippen LogP contribution in [-0.2, 0) is 11.8 Å². The van der Waals surface area contributed by atoms with Crippen molar-refractivity contribution in [1.82, 2.24) is 9.72 Å². The van der Waals surface area contributed by atoms with Crippen LogP contribution >= 0.6 is 0 Å². The van der Waals surface area contributed by atoms with Gasteiger partial charge >= 0.3 is 5.97 Å². The largest absolute Gasteiger partial charge is 0.465 e. The number of aromatic nitrogens is 2. The Morgan fingerprint density at radius 3 is 2.72 bits per heavy atom. The molecule has 0 saturated heterocycles. The standard InChI is InChI=1S/C17H16FN3O4/c1-8-5-6-11(10(18)7-8)19-15-13(17(23)24-4)14-12(9(2)20-25-14)16(22)21(15)3/h5-7,19H,1-4H3. The number of carbonyl (C=O) groups excluding carboxylic acids is 1. The van der Waals surface area contributed by atoms with Crippen LogP contribution in [0.3, 0.4) is 0 Å². The second kappa shape index (κ2) is 6.04. The molecule has 0 bridgehead atoms. The number of hydrogen-bond donors (Lipinski definition) is 1. The monoisotopic (exact) mass is 345 g/mol. The average molecular weight is 345 g/mol. The zero-order valence-corrected chi connectivity index (χ0v) is 14.1. The number of hydrogen-bond acceptors (Lipinski definition) is 6. The molecule has 3 aromatic rings. The first-order valence-corrected chi connectivity index (χ1v) is 7.45. The van der Waals surface area contributed by atoms with Crippen LogP contribution in [0.25, 0.3) is 11.0 Å². The third kappa shape index (κ3) is 2.65. The highest BCUT2D eigenvalue weighted by Crippen LogP contribution is 2.29. The fourth-order valence-corrected chi connectivity index (χ4v) is 2.62. The summed E-state index contributed by atoms with van der Waals surface area (Å²) in [6, 6.07) is 4.57. The first kappa shape index (κ1) is 16.7. The summed E-state index contributed by atoms with van der Waals surface area (Å²) in [6.45, 7) is 3.35. The Kier molecular flexibility index (Phi) is 4.03. The van der Waals surface area contributed by atoms with Crippen molar-refractivity contribution in [3.8, 4) is 0 Å². The number of esters is 1. The minimum Gasteiger partial charge on any atom is -0.465 e. The summed E-state index contributed by atoms with van der Waals surface area (Å²) in [6.07, 6.45) is 0. The van der Waals surface area contributed by atoms with Gasteiger partial charge in [-0.05, 0) is 31.5 Å². The van der Waals surface area contributed by atoms with Gasteiger partial charge in [0.15, 0.2) is 5.58 Å². The van der Waals surface area contributed by atoms with Gasteiger partial charge in [0.05, 0.1) is 18.5 Å². The van der Waals surface area contributed by atoms with E-state index in [1.54, 1.807) is 19.9 Å². The molecule has 0 atom stereocenters. The Morgan fingerprint density at radius 1 is 1.36 bits per heavy atom. The van der Waals surface area contributed by atoms with E-state index in [2.05, 4.69) is 10.5 Å². The van der Waals surface area contributed by atoms with Crippen LogP contribution in [0.4, 0.5) is 15.9 Å². The molecule has 0 aliphatic carbocycles. The molecule has 130 valence electrons. The molecule has 2 aromatic heterocycles.